The third-order valence-corrected chi connectivity index (χ3v) is 4.83. The van der Waals surface area contributed by atoms with Crippen molar-refractivity contribution in [2.75, 3.05) is 5.32 Å². The molecule has 120 valence electrons. The van der Waals surface area contributed by atoms with Gasteiger partial charge >= 0.3 is 0 Å². The maximum Gasteiger partial charge on any atom is 0.229 e. The van der Waals surface area contributed by atoms with Crippen LogP contribution in [0, 0.1) is 11.7 Å². The van der Waals surface area contributed by atoms with Crippen molar-refractivity contribution >= 4 is 22.4 Å². The molecule has 24 heavy (non-hydrogen) atoms. The highest BCUT2D eigenvalue weighted by Gasteiger charge is 2.44. The average molecular weight is 340 g/mol. The van der Waals surface area contributed by atoms with E-state index in [1.54, 1.807) is 18.3 Å². The van der Waals surface area contributed by atoms with E-state index in [2.05, 4.69) is 20.5 Å². The summed E-state index contributed by atoms with van der Waals surface area (Å²) >= 11 is 1.29. The molecule has 2 heterocycles. The number of hydrogen-bond donors (Lipinski definition) is 1. The fourth-order valence-corrected chi connectivity index (χ4v) is 3.35. The summed E-state index contributed by atoms with van der Waals surface area (Å²) in [7, 11) is 0. The molecule has 1 aliphatic carbocycles. The van der Waals surface area contributed by atoms with Crippen LogP contribution in [0.1, 0.15) is 17.9 Å². The van der Waals surface area contributed by atoms with Crippen molar-refractivity contribution in [2.24, 2.45) is 5.92 Å². The van der Waals surface area contributed by atoms with E-state index in [9.17, 15) is 9.18 Å². The quantitative estimate of drug-likeness (QED) is 0.789. The van der Waals surface area contributed by atoms with E-state index in [1.165, 1.54) is 23.5 Å². The Hall–Kier alpha value is -2.67. The standard InChI is InChI=1S/C17H13FN4OS/c18-11-6-4-10(5-7-11)12-9-13(12)15(23)20-17-22-21-16(24-17)14-3-1-2-8-19-14/h1-8,12-13H,9H2,(H,20,22,23)/t12-,13+/m0/s1. The molecule has 2 aromatic heterocycles. The molecule has 2 atom stereocenters. The summed E-state index contributed by atoms with van der Waals surface area (Å²) < 4.78 is 13.0. The van der Waals surface area contributed by atoms with E-state index >= 15 is 0 Å². The zero-order valence-electron chi connectivity index (χ0n) is 12.5. The van der Waals surface area contributed by atoms with Crippen LogP contribution in [0.15, 0.2) is 48.7 Å². The first-order valence-electron chi connectivity index (χ1n) is 7.52. The van der Waals surface area contributed by atoms with E-state index in [-0.39, 0.29) is 23.6 Å². The first kappa shape index (κ1) is 14.9. The number of benzene rings is 1. The number of aromatic nitrogens is 3. The van der Waals surface area contributed by atoms with Crippen LogP contribution in [-0.2, 0) is 4.79 Å². The van der Waals surface area contributed by atoms with Crippen molar-refractivity contribution < 1.29 is 9.18 Å². The highest BCUT2D eigenvalue weighted by molar-refractivity contribution is 7.18. The van der Waals surface area contributed by atoms with E-state index in [1.807, 2.05) is 18.2 Å². The monoisotopic (exact) mass is 340 g/mol. The first-order valence-corrected chi connectivity index (χ1v) is 8.33. The Labute approximate surface area is 141 Å². The molecule has 0 aliphatic heterocycles. The molecule has 1 fully saturated rings. The van der Waals surface area contributed by atoms with Crippen LogP contribution in [0.2, 0.25) is 0 Å². The molecule has 0 spiro atoms. The maximum atomic E-state index is 13.0. The summed E-state index contributed by atoms with van der Waals surface area (Å²) in [5.74, 6) is -0.296. The molecule has 7 heteroatoms. The van der Waals surface area contributed by atoms with E-state index < -0.39 is 0 Å². The Kier molecular flexibility index (Phi) is 3.78. The number of rotatable bonds is 4. The molecular formula is C17H13FN4OS. The first-order chi connectivity index (χ1) is 11.7. The third-order valence-electron chi connectivity index (χ3n) is 3.96. The minimum atomic E-state index is -0.267. The molecule has 1 N–H and O–H groups in total. The van der Waals surface area contributed by atoms with E-state index in [0.717, 1.165) is 17.7 Å². The molecule has 1 amide bonds. The van der Waals surface area contributed by atoms with Crippen LogP contribution < -0.4 is 5.32 Å². The fourth-order valence-electron chi connectivity index (χ4n) is 2.63. The van der Waals surface area contributed by atoms with Crippen molar-refractivity contribution in [2.45, 2.75) is 12.3 Å². The van der Waals surface area contributed by atoms with Crippen molar-refractivity contribution in [3.05, 3.63) is 60.0 Å². The van der Waals surface area contributed by atoms with Crippen LogP contribution in [0.5, 0.6) is 0 Å². The predicted molar refractivity (Wildman–Crippen MR) is 89.0 cm³/mol. The Morgan fingerprint density at radius 2 is 2.00 bits per heavy atom. The van der Waals surface area contributed by atoms with Crippen molar-refractivity contribution in [3.63, 3.8) is 0 Å². The van der Waals surface area contributed by atoms with Gasteiger partial charge in [0.05, 0.1) is 0 Å². The summed E-state index contributed by atoms with van der Waals surface area (Å²) in [4.78, 5) is 16.5. The van der Waals surface area contributed by atoms with Gasteiger partial charge in [0.2, 0.25) is 11.0 Å². The molecule has 3 aromatic rings. The lowest BCUT2D eigenvalue weighted by Crippen LogP contribution is -2.14. The summed E-state index contributed by atoms with van der Waals surface area (Å²) in [5.41, 5.74) is 1.72. The molecular weight excluding hydrogens is 327 g/mol. The summed E-state index contributed by atoms with van der Waals surface area (Å²) in [5, 5.41) is 12.0. The van der Waals surface area contributed by atoms with E-state index in [4.69, 9.17) is 0 Å². The number of pyridine rings is 1. The highest BCUT2D eigenvalue weighted by atomic mass is 32.1. The number of halogens is 1. The molecule has 1 aromatic carbocycles. The molecule has 0 bridgehead atoms. The van der Waals surface area contributed by atoms with Gasteiger partial charge in [-0.1, -0.05) is 29.5 Å². The number of carbonyl (C=O) groups is 1. The van der Waals surface area contributed by atoms with Gasteiger partial charge in [-0.05, 0) is 42.2 Å². The van der Waals surface area contributed by atoms with Gasteiger partial charge in [-0.2, -0.15) is 0 Å². The molecule has 0 saturated heterocycles. The second-order valence-electron chi connectivity index (χ2n) is 5.62. The Morgan fingerprint density at radius 3 is 2.75 bits per heavy atom. The Balaban J connectivity index is 1.41. The number of anilines is 1. The van der Waals surface area contributed by atoms with Crippen molar-refractivity contribution in [1.29, 1.82) is 0 Å². The summed E-state index contributed by atoms with van der Waals surface area (Å²) in [6, 6.07) is 11.9. The smallest absolute Gasteiger partial charge is 0.229 e. The number of nitrogens with one attached hydrogen (secondary N) is 1. The topological polar surface area (TPSA) is 67.8 Å². The van der Waals surface area contributed by atoms with Gasteiger partial charge in [0.1, 0.15) is 11.5 Å². The molecule has 4 rings (SSSR count). The fraction of sp³-hybridized carbons (Fsp3) is 0.176. The normalized spacial score (nSPS) is 19.0. The van der Waals surface area contributed by atoms with Crippen LogP contribution in [-0.4, -0.2) is 21.1 Å². The maximum absolute atomic E-state index is 13.0. The Morgan fingerprint density at radius 1 is 1.17 bits per heavy atom. The predicted octanol–water partition coefficient (Wildman–Crippen LogP) is 3.48. The van der Waals surface area contributed by atoms with Crippen LogP contribution in [0.3, 0.4) is 0 Å². The van der Waals surface area contributed by atoms with Gasteiger partial charge in [-0.25, -0.2) is 4.39 Å². The number of nitrogens with zero attached hydrogens (tertiary/aromatic N) is 3. The van der Waals surface area contributed by atoms with Gasteiger partial charge in [0, 0.05) is 12.1 Å². The summed E-state index contributed by atoms with van der Waals surface area (Å²) in [6.07, 6.45) is 2.45. The molecule has 0 unspecified atom stereocenters. The second kappa shape index (κ2) is 6.09. The SMILES string of the molecule is O=C(Nc1nnc(-c2ccccn2)s1)[C@@H]1C[C@H]1c1ccc(F)cc1. The van der Waals surface area contributed by atoms with Crippen LogP contribution in [0.25, 0.3) is 10.7 Å². The van der Waals surface area contributed by atoms with Gasteiger partial charge < -0.3 is 5.32 Å². The number of amides is 1. The summed E-state index contributed by atoms with van der Waals surface area (Å²) in [6.45, 7) is 0. The molecule has 1 saturated carbocycles. The highest BCUT2D eigenvalue weighted by Crippen LogP contribution is 2.48. The number of hydrogen-bond acceptors (Lipinski definition) is 5. The van der Waals surface area contributed by atoms with Crippen LogP contribution >= 0.6 is 11.3 Å². The van der Waals surface area contributed by atoms with Crippen LogP contribution in [0.4, 0.5) is 9.52 Å². The lowest BCUT2D eigenvalue weighted by atomic mass is 10.1. The second-order valence-corrected chi connectivity index (χ2v) is 6.59. The van der Waals surface area contributed by atoms with Gasteiger partial charge in [0.15, 0.2) is 5.01 Å². The minimum absolute atomic E-state index is 0.0759. The lowest BCUT2D eigenvalue weighted by molar-refractivity contribution is -0.117. The third kappa shape index (κ3) is 3.03. The molecule has 0 radical (unpaired) electrons. The van der Waals surface area contributed by atoms with Crippen molar-refractivity contribution in [1.82, 2.24) is 15.2 Å². The van der Waals surface area contributed by atoms with Gasteiger partial charge in [-0.15, -0.1) is 10.2 Å². The van der Waals surface area contributed by atoms with Gasteiger partial charge in [0.25, 0.3) is 0 Å². The molecule has 5 nitrogen and oxygen atoms in total. The molecule has 1 aliphatic rings. The van der Waals surface area contributed by atoms with Crippen molar-refractivity contribution in [3.8, 4) is 10.7 Å². The average Bonchev–Trinajstić information content (AvgIpc) is 3.28. The Bertz CT molecular complexity index is 866. The lowest BCUT2D eigenvalue weighted by Gasteiger charge is -2.01. The zero-order chi connectivity index (χ0) is 16.5. The largest absolute Gasteiger partial charge is 0.300 e. The van der Waals surface area contributed by atoms with E-state index in [0.29, 0.717) is 10.1 Å². The zero-order valence-corrected chi connectivity index (χ0v) is 13.3. The minimum Gasteiger partial charge on any atom is -0.300 e. The number of carbonyl (C=O) groups excluding carboxylic acids is 1. The van der Waals surface area contributed by atoms with Gasteiger partial charge in [-0.3, -0.25) is 9.78 Å².